The quantitative estimate of drug-likeness (QED) is 0.944. The van der Waals surface area contributed by atoms with Gasteiger partial charge in [-0.1, -0.05) is 29.8 Å². The molecule has 0 spiro atoms. The first-order valence-electron chi connectivity index (χ1n) is 7.83. The lowest BCUT2D eigenvalue weighted by molar-refractivity contribution is -0.120. The number of hydrogen-bond donors (Lipinski definition) is 1. The topological polar surface area (TPSA) is 47.6 Å². The molecule has 4 heteroatoms. The molecule has 1 aliphatic rings. The summed E-state index contributed by atoms with van der Waals surface area (Å²) in [5.41, 5.74) is 4.35. The van der Waals surface area contributed by atoms with Gasteiger partial charge >= 0.3 is 0 Å². The molecule has 1 heterocycles. The molecule has 1 N–H and O–H groups in total. The third-order valence-electron chi connectivity index (χ3n) is 3.96. The van der Waals surface area contributed by atoms with E-state index in [1.54, 1.807) is 0 Å². The van der Waals surface area contributed by atoms with Crippen LogP contribution in [-0.2, 0) is 17.8 Å². The number of rotatable bonds is 4. The van der Waals surface area contributed by atoms with E-state index in [0.717, 1.165) is 28.2 Å². The third kappa shape index (κ3) is 3.83. The zero-order valence-electron chi connectivity index (χ0n) is 13.5. The van der Waals surface area contributed by atoms with Crippen molar-refractivity contribution in [2.75, 3.05) is 13.2 Å². The SMILES string of the molecule is Cc1ccc(CC(=O)NCc2cc3c(cc2C)OCCO3)cc1. The number of carbonyl (C=O) groups excluding carboxylic acids is 1. The molecule has 2 aromatic rings. The average molecular weight is 311 g/mol. The fourth-order valence-corrected chi connectivity index (χ4v) is 2.57. The first-order valence-corrected chi connectivity index (χ1v) is 7.83. The first-order chi connectivity index (χ1) is 11.1. The van der Waals surface area contributed by atoms with E-state index in [1.807, 2.05) is 50.2 Å². The highest BCUT2D eigenvalue weighted by Crippen LogP contribution is 2.32. The van der Waals surface area contributed by atoms with Crippen LogP contribution >= 0.6 is 0 Å². The predicted molar refractivity (Wildman–Crippen MR) is 88.9 cm³/mol. The Balaban J connectivity index is 1.61. The second kappa shape index (κ2) is 6.73. The predicted octanol–water partition coefficient (Wildman–Crippen LogP) is 2.93. The maximum absolute atomic E-state index is 12.1. The van der Waals surface area contributed by atoms with E-state index in [1.165, 1.54) is 5.56 Å². The molecule has 0 aliphatic carbocycles. The van der Waals surface area contributed by atoms with Gasteiger partial charge in [-0.2, -0.15) is 0 Å². The van der Waals surface area contributed by atoms with Crippen LogP contribution in [0.3, 0.4) is 0 Å². The number of aryl methyl sites for hydroxylation is 2. The Hall–Kier alpha value is -2.49. The molecule has 0 unspecified atom stereocenters. The molecule has 1 amide bonds. The maximum atomic E-state index is 12.1. The Kier molecular flexibility index (Phi) is 4.51. The van der Waals surface area contributed by atoms with Crippen LogP contribution in [0.1, 0.15) is 22.3 Å². The fraction of sp³-hybridized carbons (Fsp3) is 0.316. The third-order valence-corrected chi connectivity index (χ3v) is 3.96. The van der Waals surface area contributed by atoms with Crippen LogP contribution in [-0.4, -0.2) is 19.1 Å². The molecule has 0 fully saturated rings. The number of carbonyl (C=O) groups is 1. The lowest BCUT2D eigenvalue weighted by Gasteiger charge is -2.20. The molecule has 120 valence electrons. The molecule has 3 rings (SSSR count). The summed E-state index contributed by atoms with van der Waals surface area (Å²) in [4.78, 5) is 12.1. The summed E-state index contributed by atoms with van der Waals surface area (Å²) >= 11 is 0. The number of hydrogen-bond acceptors (Lipinski definition) is 3. The Bertz CT molecular complexity index is 707. The lowest BCUT2D eigenvalue weighted by atomic mass is 10.1. The van der Waals surface area contributed by atoms with E-state index >= 15 is 0 Å². The fourth-order valence-electron chi connectivity index (χ4n) is 2.57. The molecule has 4 nitrogen and oxygen atoms in total. The van der Waals surface area contributed by atoms with Crippen LogP contribution < -0.4 is 14.8 Å². The summed E-state index contributed by atoms with van der Waals surface area (Å²) in [6.45, 7) is 5.69. The molecule has 0 radical (unpaired) electrons. The van der Waals surface area contributed by atoms with Gasteiger partial charge in [-0.3, -0.25) is 4.79 Å². The van der Waals surface area contributed by atoms with Crippen molar-refractivity contribution in [3.63, 3.8) is 0 Å². The largest absolute Gasteiger partial charge is 0.486 e. The van der Waals surface area contributed by atoms with Crippen LogP contribution in [0.5, 0.6) is 11.5 Å². The first kappa shape index (κ1) is 15.4. The van der Waals surface area contributed by atoms with Crippen LogP contribution in [0, 0.1) is 13.8 Å². The van der Waals surface area contributed by atoms with E-state index in [2.05, 4.69) is 5.32 Å². The average Bonchev–Trinajstić information content (AvgIpc) is 2.55. The van der Waals surface area contributed by atoms with E-state index in [0.29, 0.717) is 26.2 Å². The van der Waals surface area contributed by atoms with Crippen molar-refractivity contribution in [3.8, 4) is 11.5 Å². The molecule has 0 saturated heterocycles. The second-order valence-corrected chi connectivity index (χ2v) is 5.86. The normalized spacial score (nSPS) is 12.8. The van der Waals surface area contributed by atoms with Gasteiger partial charge in [0, 0.05) is 6.54 Å². The Labute approximate surface area is 136 Å². The summed E-state index contributed by atoms with van der Waals surface area (Å²) in [5.74, 6) is 1.55. The smallest absolute Gasteiger partial charge is 0.224 e. The van der Waals surface area contributed by atoms with Crippen molar-refractivity contribution in [1.82, 2.24) is 5.32 Å². The molecular weight excluding hydrogens is 290 g/mol. The number of fused-ring (bicyclic) bond motifs is 1. The van der Waals surface area contributed by atoms with Gasteiger partial charge < -0.3 is 14.8 Å². The minimum absolute atomic E-state index is 0.0168. The maximum Gasteiger partial charge on any atom is 0.224 e. The van der Waals surface area contributed by atoms with Crippen molar-refractivity contribution in [1.29, 1.82) is 0 Å². The summed E-state index contributed by atoms with van der Waals surface area (Å²) in [5, 5.41) is 2.97. The van der Waals surface area contributed by atoms with Crippen molar-refractivity contribution in [3.05, 3.63) is 58.7 Å². The minimum Gasteiger partial charge on any atom is -0.486 e. The number of ether oxygens (including phenoxy) is 2. The van der Waals surface area contributed by atoms with Gasteiger partial charge in [0.1, 0.15) is 13.2 Å². The second-order valence-electron chi connectivity index (χ2n) is 5.86. The molecule has 0 aromatic heterocycles. The van der Waals surface area contributed by atoms with Gasteiger partial charge in [0.05, 0.1) is 6.42 Å². The zero-order valence-corrected chi connectivity index (χ0v) is 13.5. The zero-order chi connectivity index (χ0) is 16.2. The molecule has 2 aromatic carbocycles. The van der Waals surface area contributed by atoms with E-state index in [-0.39, 0.29) is 5.91 Å². The van der Waals surface area contributed by atoms with Gasteiger partial charge in [-0.15, -0.1) is 0 Å². The number of benzene rings is 2. The van der Waals surface area contributed by atoms with Gasteiger partial charge in [0.25, 0.3) is 0 Å². The highest BCUT2D eigenvalue weighted by molar-refractivity contribution is 5.78. The van der Waals surface area contributed by atoms with Crippen molar-refractivity contribution in [2.45, 2.75) is 26.8 Å². The Morgan fingerprint density at radius 2 is 1.70 bits per heavy atom. The number of nitrogens with one attached hydrogen (secondary N) is 1. The monoisotopic (exact) mass is 311 g/mol. The van der Waals surface area contributed by atoms with Gasteiger partial charge in [0.15, 0.2) is 11.5 Å². The summed E-state index contributed by atoms with van der Waals surface area (Å²) in [6.07, 6.45) is 0.393. The van der Waals surface area contributed by atoms with Gasteiger partial charge in [-0.05, 0) is 42.7 Å². The molecule has 0 atom stereocenters. The number of amides is 1. The van der Waals surface area contributed by atoms with Crippen LogP contribution in [0.4, 0.5) is 0 Å². The molecular formula is C19H21NO3. The standard InChI is InChI=1S/C19H21NO3/c1-13-3-5-15(6-4-13)10-19(21)20-12-16-11-18-17(9-14(16)2)22-7-8-23-18/h3-6,9,11H,7-8,10,12H2,1-2H3,(H,20,21). The summed E-state index contributed by atoms with van der Waals surface area (Å²) in [6, 6.07) is 11.9. The van der Waals surface area contributed by atoms with Crippen molar-refractivity contribution < 1.29 is 14.3 Å². The van der Waals surface area contributed by atoms with Crippen molar-refractivity contribution >= 4 is 5.91 Å². The lowest BCUT2D eigenvalue weighted by Crippen LogP contribution is -2.25. The van der Waals surface area contributed by atoms with E-state index in [4.69, 9.17) is 9.47 Å². The molecule has 0 saturated carbocycles. The van der Waals surface area contributed by atoms with Crippen LogP contribution in [0.15, 0.2) is 36.4 Å². The Morgan fingerprint density at radius 1 is 1.04 bits per heavy atom. The van der Waals surface area contributed by atoms with Gasteiger partial charge in [-0.25, -0.2) is 0 Å². The van der Waals surface area contributed by atoms with Crippen LogP contribution in [0.2, 0.25) is 0 Å². The van der Waals surface area contributed by atoms with Crippen molar-refractivity contribution in [2.24, 2.45) is 0 Å². The van der Waals surface area contributed by atoms with Crippen LogP contribution in [0.25, 0.3) is 0 Å². The Morgan fingerprint density at radius 3 is 2.39 bits per heavy atom. The molecule has 0 bridgehead atoms. The summed E-state index contributed by atoms with van der Waals surface area (Å²) < 4.78 is 11.2. The minimum atomic E-state index is 0.0168. The highest BCUT2D eigenvalue weighted by atomic mass is 16.6. The van der Waals surface area contributed by atoms with E-state index < -0.39 is 0 Å². The summed E-state index contributed by atoms with van der Waals surface area (Å²) in [7, 11) is 0. The highest BCUT2D eigenvalue weighted by Gasteiger charge is 2.14. The molecule has 23 heavy (non-hydrogen) atoms. The van der Waals surface area contributed by atoms with E-state index in [9.17, 15) is 4.79 Å². The van der Waals surface area contributed by atoms with Gasteiger partial charge in [0.2, 0.25) is 5.91 Å². The molecule has 1 aliphatic heterocycles.